The van der Waals surface area contributed by atoms with Crippen molar-refractivity contribution in [3.05, 3.63) is 35.4 Å². The number of thioether (sulfide) groups is 1. The van der Waals surface area contributed by atoms with Crippen LogP contribution in [0.25, 0.3) is 0 Å². The van der Waals surface area contributed by atoms with E-state index >= 15 is 0 Å². The molecule has 2 unspecified atom stereocenters. The van der Waals surface area contributed by atoms with Gasteiger partial charge in [0.1, 0.15) is 11.4 Å². The molecular weight excluding hydrogens is 360 g/mol. The molecule has 3 atom stereocenters. The number of methoxy groups -OCH3 is 1. The number of hydrogen-bond acceptors (Lipinski definition) is 6. The predicted molar refractivity (Wildman–Crippen MR) is 92.7 cm³/mol. The number of aromatic carboxylic acids is 1. The van der Waals surface area contributed by atoms with Crippen molar-refractivity contribution in [2.75, 3.05) is 19.4 Å². The summed E-state index contributed by atoms with van der Waals surface area (Å²) >= 11 is 1.40. The molecule has 8 nitrogen and oxygen atoms in total. The molecule has 3 rings (SSSR count). The smallest absolute Gasteiger partial charge is 0.336 e. The number of carboxylic acid groups (broad SMARTS) is 1. The number of nitrogens with zero attached hydrogens (tertiary/aromatic N) is 1. The highest BCUT2D eigenvalue weighted by atomic mass is 32.2. The van der Waals surface area contributed by atoms with Crippen molar-refractivity contribution in [2.45, 2.75) is 18.3 Å². The zero-order chi connectivity index (χ0) is 19.1. The van der Waals surface area contributed by atoms with Gasteiger partial charge in [-0.05, 0) is 19.1 Å². The molecule has 2 aliphatic rings. The van der Waals surface area contributed by atoms with Crippen LogP contribution in [0.4, 0.5) is 0 Å². The largest absolute Gasteiger partial charge is 0.478 e. The number of benzene rings is 1. The number of esters is 1. The van der Waals surface area contributed by atoms with Crippen LogP contribution in [0.2, 0.25) is 0 Å². The molecule has 2 aliphatic heterocycles. The Hall–Kier alpha value is -2.55. The second-order valence-corrected chi connectivity index (χ2v) is 7.63. The standard InChI is InChI=1S/C17H18N2O6S/c1-17(16(24)25-2)7-19-13(21)11(14(19)26-8-17)18-12(20)9-5-3-4-6-10(9)15(22)23/h3-6,11,14H,7-8H2,1-2H3,(H,18,20)(H,22,23)/t11?,14-,17?/m1/s1. The van der Waals surface area contributed by atoms with Crippen LogP contribution < -0.4 is 5.32 Å². The van der Waals surface area contributed by atoms with Gasteiger partial charge < -0.3 is 20.1 Å². The first-order valence-corrected chi connectivity index (χ1v) is 8.97. The zero-order valence-electron chi connectivity index (χ0n) is 14.2. The van der Waals surface area contributed by atoms with E-state index in [4.69, 9.17) is 4.74 Å². The van der Waals surface area contributed by atoms with Crippen LogP contribution in [0.3, 0.4) is 0 Å². The van der Waals surface area contributed by atoms with Gasteiger partial charge in [0, 0.05) is 12.3 Å². The van der Waals surface area contributed by atoms with Crippen molar-refractivity contribution >= 4 is 35.5 Å². The van der Waals surface area contributed by atoms with Gasteiger partial charge in [-0.2, -0.15) is 0 Å². The van der Waals surface area contributed by atoms with Crippen molar-refractivity contribution in [1.29, 1.82) is 0 Å². The van der Waals surface area contributed by atoms with E-state index in [-0.39, 0.29) is 34.9 Å². The molecule has 1 aromatic rings. The Morgan fingerprint density at radius 3 is 2.58 bits per heavy atom. The highest BCUT2D eigenvalue weighted by Crippen LogP contribution is 2.42. The second-order valence-electron chi connectivity index (χ2n) is 6.52. The quantitative estimate of drug-likeness (QED) is 0.582. The molecule has 2 saturated heterocycles. The van der Waals surface area contributed by atoms with Crippen LogP contribution in [0.15, 0.2) is 24.3 Å². The number of carbonyl (C=O) groups excluding carboxylic acids is 3. The van der Waals surface area contributed by atoms with E-state index in [1.54, 1.807) is 17.9 Å². The Morgan fingerprint density at radius 2 is 1.96 bits per heavy atom. The minimum atomic E-state index is -1.21. The van der Waals surface area contributed by atoms with Gasteiger partial charge in [0.05, 0.1) is 23.7 Å². The fourth-order valence-electron chi connectivity index (χ4n) is 3.16. The average molecular weight is 378 g/mol. The van der Waals surface area contributed by atoms with Gasteiger partial charge in [-0.15, -0.1) is 11.8 Å². The maximum atomic E-state index is 12.4. The Kier molecular flexibility index (Phi) is 4.66. The number of amides is 2. The summed E-state index contributed by atoms with van der Waals surface area (Å²) in [7, 11) is 1.31. The van der Waals surface area contributed by atoms with Crippen LogP contribution in [-0.2, 0) is 14.3 Å². The molecular formula is C17H18N2O6S. The first-order valence-electron chi connectivity index (χ1n) is 7.92. The molecule has 0 saturated carbocycles. The number of ether oxygens (including phenoxy) is 1. The average Bonchev–Trinajstić information content (AvgIpc) is 2.65. The van der Waals surface area contributed by atoms with Gasteiger partial charge in [-0.1, -0.05) is 12.1 Å². The lowest BCUT2D eigenvalue weighted by Crippen LogP contribution is -2.73. The van der Waals surface area contributed by atoms with Gasteiger partial charge in [-0.3, -0.25) is 14.4 Å². The van der Waals surface area contributed by atoms with Crippen molar-refractivity contribution in [3.63, 3.8) is 0 Å². The van der Waals surface area contributed by atoms with Gasteiger partial charge in [0.2, 0.25) is 5.91 Å². The third-order valence-corrected chi connectivity index (χ3v) is 6.27. The first-order chi connectivity index (χ1) is 12.3. The van der Waals surface area contributed by atoms with E-state index in [0.717, 1.165) is 0 Å². The van der Waals surface area contributed by atoms with E-state index in [1.807, 2.05) is 0 Å². The minimum Gasteiger partial charge on any atom is -0.478 e. The third kappa shape index (κ3) is 2.92. The fourth-order valence-corrected chi connectivity index (χ4v) is 4.64. The minimum absolute atomic E-state index is 0.00598. The molecule has 2 amide bonds. The summed E-state index contributed by atoms with van der Waals surface area (Å²) in [4.78, 5) is 49.6. The summed E-state index contributed by atoms with van der Waals surface area (Å²) in [6, 6.07) is 5.09. The van der Waals surface area contributed by atoms with Crippen molar-refractivity contribution in [3.8, 4) is 0 Å². The summed E-state index contributed by atoms with van der Waals surface area (Å²) in [6.45, 7) is 1.97. The molecule has 2 heterocycles. The second kappa shape index (κ2) is 6.64. The number of nitrogens with one attached hydrogen (secondary N) is 1. The van der Waals surface area contributed by atoms with Crippen molar-refractivity contribution in [1.82, 2.24) is 10.2 Å². The maximum absolute atomic E-state index is 12.4. The van der Waals surface area contributed by atoms with E-state index in [1.165, 1.54) is 37.1 Å². The highest BCUT2D eigenvalue weighted by molar-refractivity contribution is 8.00. The number of carbonyl (C=O) groups is 4. The Bertz CT molecular complexity index is 797. The predicted octanol–water partition coefficient (Wildman–Crippen LogP) is 0.578. The lowest BCUT2D eigenvalue weighted by atomic mass is 9.89. The number of rotatable bonds is 4. The molecule has 2 N–H and O–H groups in total. The summed E-state index contributed by atoms with van der Waals surface area (Å²) < 4.78 is 4.80. The number of hydrogen-bond donors (Lipinski definition) is 2. The summed E-state index contributed by atoms with van der Waals surface area (Å²) in [5.41, 5.74) is -0.897. The number of carboxylic acids is 1. The van der Waals surface area contributed by atoms with Crippen molar-refractivity contribution < 1.29 is 29.0 Å². The Balaban J connectivity index is 1.71. The summed E-state index contributed by atoms with van der Waals surface area (Å²) in [5, 5.41) is 11.5. The van der Waals surface area contributed by atoms with E-state index < -0.39 is 23.3 Å². The molecule has 138 valence electrons. The zero-order valence-corrected chi connectivity index (χ0v) is 15.0. The van der Waals surface area contributed by atoms with E-state index in [2.05, 4.69) is 5.32 Å². The van der Waals surface area contributed by atoms with Gasteiger partial charge in [0.25, 0.3) is 5.91 Å². The highest BCUT2D eigenvalue weighted by Gasteiger charge is 2.56. The maximum Gasteiger partial charge on any atom is 0.336 e. The molecule has 9 heteroatoms. The Labute approximate surface area is 153 Å². The van der Waals surface area contributed by atoms with Gasteiger partial charge in [-0.25, -0.2) is 4.79 Å². The SMILES string of the molecule is COC(=O)C1(C)CS[C@@H]2C(NC(=O)c3ccccc3C(=O)O)C(=O)N2C1. The molecule has 0 radical (unpaired) electrons. The fraction of sp³-hybridized carbons (Fsp3) is 0.412. The van der Waals surface area contributed by atoms with Crippen LogP contribution in [-0.4, -0.2) is 64.6 Å². The molecule has 0 aliphatic carbocycles. The van der Waals surface area contributed by atoms with Crippen LogP contribution in [0.5, 0.6) is 0 Å². The molecule has 26 heavy (non-hydrogen) atoms. The van der Waals surface area contributed by atoms with Gasteiger partial charge in [0.15, 0.2) is 0 Å². The van der Waals surface area contributed by atoms with Crippen molar-refractivity contribution in [2.24, 2.45) is 5.41 Å². The van der Waals surface area contributed by atoms with Crippen LogP contribution in [0.1, 0.15) is 27.6 Å². The van der Waals surface area contributed by atoms with E-state index in [0.29, 0.717) is 5.75 Å². The lowest BCUT2D eigenvalue weighted by molar-refractivity contribution is -0.158. The summed E-state index contributed by atoms with van der Waals surface area (Å²) in [6.07, 6.45) is 0. The lowest BCUT2D eigenvalue weighted by Gasteiger charge is -2.53. The Morgan fingerprint density at radius 1 is 1.31 bits per heavy atom. The first kappa shape index (κ1) is 18.2. The molecule has 0 spiro atoms. The van der Waals surface area contributed by atoms with Crippen LogP contribution >= 0.6 is 11.8 Å². The third-order valence-electron chi connectivity index (χ3n) is 4.60. The molecule has 0 aromatic heterocycles. The summed E-state index contributed by atoms with van der Waals surface area (Å²) in [5.74, 6) is -2.02. The topological polar surface area (TPSA) is 113 Å². The van der Waals surface area contributed by atoms with E-state index in [9.17, 15) is 24.3 Å². The number of fused-ring (bicyclic) bond motifs is 1. The number of β-lactam (4-membered cyclic amide) rings is 1. The normalized spacial score (nSPS) is 27.2. The monoisotopic (exact) mass is 378 g/mol. The molecule has 0 bridgehead atoms. The molecule has 2 fully saturated rings. The molecule has 1 aromatic carbocycles. The van der Waals surface area contributed by atoms with Gasteiger partial charge >= 0.3 is 11.9 Å². The van der Waals surface area contributed by atoms with Crippen LogP contribution in [0, 0.1) is 5.41 Å².